The van der Waals surface area contributed by atoms with Crippen LogP contribution in [-0.2, 0) is 4.74 Å². The van der Waals surface area contributed by atoms with E-state index in [4.69, 9.17) is 9.73 Å². The van der Waals surface area contributed by atoms with Crippen molar-refractivity contribution in [1.82, 2.24) is 0 Å². The summed E-state index contributed by atoms with van der Waals surface area (Å²) in [7, 11) is 0. The average molecular weight is 345 g/mol. The Balaban J connectivity index is 1.57. The van der Waals surface area contributed by atoms with Crippen LogP contribution in [0, 0.1) is 0 Å². The number of aliphatic imine (C=N–C) groups is 1. The lowest BCUT2D eigenvalue weighted by Gasteiger charge is -2.17. The van der Waals surface area contributed by atoms with E-state index in [2.05, 4.69) is 48.5 Å². The molecule has 4 rings (SSSR count). The largest absolute Gasteiger partial charge is 0.471 e. The molecule has 0 fully saturated rings. The maximum atomic E-state index is 6.27. The summed E-state index contributed by atoms with van der Waals surface area (Å²) in [4.78, 5) is 6.16. The van der Waals surface area contributed by atoms with Gasteiger partial charge in [0.15, 0.2) is 0 Å². The summed E-state index contributed by atoms with van der Waals surface area (Å²) in [6.07, 6.45) is 0.0304. The molecular formula is C22H19NOS. The summed E-state index contributed by atoms with van der Waals surface area (Å²) in [5.74, 6) is 1.61. The summed E-state index contributed by atoms with van der Waals surface area (Å²) in [6.45, 7) is 0. The first-order valence-electron chi connectivity index (χ1n) is 8.43. The van der Waals surface area contributed by atoms with E-state index in [1.54, 1.807) is 0 Å². The van der Waals surface area contributed by atoms with Crippen LogP contribution < -0.4 is 0 Å². The zero-order chi connectivity index (χ0) is 16.9. The number of ether oxygens (including phenoxy) is 1. The number of hydrogen-bond acceptors (Lipinski definition) is 3. The van der Waals surface area contributed by atoms with Crippen LogP contribution in [0.2, 0.25) is 0 Å². The minimum absolute atomic E-state index is 0.0304. The molecule has 0 unspecified atom stereocenters. The first kappa shape index (κ1) is 16.0. The fourth-order valence-corrected chi connectivity index (χ4v) is 3.89. The van der Waals surface area contributed by atoms with E-state index in [9.17, 15) is 0 Å². The highest BCUT2D eigenvalue weighted by Gasteiger charge is 2.32. The summed E-state index contributed by atoms with van der Waals surface area (Å²) in [6, 6.07) is 31.1. The Bertz CT molecular complexity index is 834. The number of rotatable bonds is 5. The lowest BCUT2D eigenvalue weighted by molar-refractivity contribution is 0.219. The van der Waals surface area contributed by atoms with Crippen LogP contribution in [0.5, 0.6) is 0 Å². The normalized spacial score (nSPS) is 19.3. The molecule has 0 radical (unpaired) electrons. The molecule has 0 amide bonds. The fraction of sp³-hybridized carbons (Fsp3) is 0.136. The molecule has 124 valence electrons. The average Bonchev–Trinajstić information content (AvgIpc) is 3.13. The molecule has 25 heavy (non-hydrogen) atoms. The van der Waals surface area contributed by atoms with Crippen molar-refractivity contribution in [2.24, 2.45) is 4.99 Å². The smallest absolute Gasteiger partial charge is 0.217 e. The highest BCUT2D eigenvalue weighted by atomic mass is 32.2. The van der Waals surface area contributed by atoms with Gasteiger partial charge in [-0.2, -0.15) is 0 Å². The van der Waals surface area contributed by atoms with Crippen molar-refractivity contribution in [1.29, 1.82) is 0 Å². The van der Waals surface area contributed by atoms with E-state index in [1.165, 1.54) is 10.5 Å². The van der Waals surface area contributed by atoms with Crippen molar-refractivity contribution >= 4 is 17.7 Å². The van der Waals surface area contributed by atoms with Gasteiger partial charge in [0.1, 0.15) is 12.1 Å². The van der Waals surface area contributed by atoms with E-state index >= 15 is 0 Å². The SMILES string of the molecule is c1ccc(SC[C@@H]2OC(c3ccccc3)=N[C@H]2c2ccccc2)cc1. The van der Waals surface area contributed by atoms with E-state index in [-0.39, 0.29) is 12.1 Å². The maximum Gasteiger partial charge on any atom is 0.217 e. The summed E-state index contributed by atoms with van der Waals surface area (Å²) >= 11 is 1.81. The highest BCUT2D eigenvalue weighted by Crippen LogP contribution is 2.34. The second-order valence-electron chi connectivity index (χ2n) is 5.94. The lowest BCUT2D eigenvalue weighted by atomic mass is 10.0. The minimum atomic E-state index is 0.0304. The molecular weight excluding hydrogens is 326 g/mol. The van der Waals surface area contributed by atoms with E-state index in [1.807, 2.05) is 54.2 Å². The van der Waals surface area contributed by atoms with Crippen molar-refractivity contribution in [3.8, 4) is 0 Å². The van der Waals surface area contributed by atoms with Gasteiger partial charge in [-0.15, -0.1) is 11.8 Å². The van der Waals surface area contributed by atoms with Crippen molar-refractivity contribution in [2.75, 3.05) is 5.75 Å². The van der Waals surface area contributed by atoms with Crippen LogP contribution in [0.4, 0.5) is 0 Å². The van der Waals surface area contributed by atoms with Crippen LogP contribution in [0.25, 0.3) is 0 Å². The molecule has 0 N–H and O–H groups in total. The van der Waals surface area contributed by atoms with Crippen LogP contribution in [-0.4, -0.2) is 17.8 Å². The topological polar surface area (TPSA) is 21.6 Å². The second-order valence-corrected chi connectivity index (χ2v) is 7.03. The predicted molar refractivity (Wildman–Crippen MR) is 104 cm³/mol. The quantitative estimate of drug-likeness (QED) is 0.580. The molecule has 3 aromatic carbocycles. The molecule has 0 saturated heterocycles. The first-order valence-corrected chi connectivity index (χ1v) is 9.41. The third kappa shape index (κ3) is 3.77. The van der Waals surface area contributed by atoms with Crippen molar-refractivity contribution in [3.63, 3.8) is 0 Å². The van der Waals surface area contributed by atoms with Crippen LogP contribution in [0.15, 0.2) is 101 Å². The molecule has 0 saturated carbocycles. The third-order valence-corrected chi connectivity index (χ3v) is 5.29. The molecule has 2 nitrogen and oxygen atoms in total. The number of hydrogen-bond donors (Lipinski definition) is 0. The Kier molecular flexibility index (Phi) is 4.84. The molecule has 0 aromatic heterocycles. The second kappa shape index (κ2) is 7.58. The monoisotopic (exact) mass is 345 g/mol. The molecule has 2 atom stereocenters. The Morgan fingerprint density at radius 2 is 1.36 bits per heavy atom. The molecule has 3 heteroatoms. The van der Waals surface area contributed by atoms with Crippen molar-refractivity contribution in [3.05, 3.63) is 102 Å². The fourth-order valence-electron chi connectivity index (χ4n) is 2.93. The van der Waals surface area contributed by atoms with E-state index < -0.39 is 0 Å². The zero-order valence-electron chi connectivity index (χ0n) is 13.8. The van der Waals surface area contributed by atoms with Gasteiger partial charge in [0.05, 0.1) is 0 Å². The molecule has 0 bridgehead atoms. The lowest BCUT2D eigenvalue weighted by Crippen LogP contribution is -2.19. The van der Waals surface area contributed by atoms with Gasteiger partial charge in [-0.1, -0.05) is 66.7 Å². The molecule has 1 aliphatic heterocycles. The van der Waals surface area contributed by atoms with Crippen molar-refractivity contribution in [2.45, 2.75) is 17.0 Å². The van der Waals surface area contributed by atoms with Crippen LogP contribution >= 0.6 is 11.8 Å². The van der Waals surface area contributed by atoms with Gasteiger partial charge in [-0.3, -0.25) is 0 Å². The van der Waals surface area contributed by atoms with Crippen molar-refractivity contribution < 1.29 is 4.74 Å². The third-order valence-electron chi connectivity index (χ3n) is 4.19. The van der Waals surface area contributed by atoms with Gasteiger partial charge in [0.25, 0.3) is 0 Å². The standard InChI is InChI=1S/C22H19NOS/c1-4-10-17(11-5-1)21-20(16-25-19-14-8-3-9-15-19)24-22(23-21)18-12-6-2-7-13-18/h1-15,20-21H,16H2/t20-,21-/m0/s1. The van der Waals surface area contributed by atoms with Gasteiger partial charge in [-0.25, -0.2) is 4.99 Å². The number of thioether (sulfide) groups is 1. The molecule has 1 heterocycles. The molecule has 1 aliphatic rings. The molecule has 0 spiro atoms. The Morgan fingerprint density at radius 1 is 0.760 bits per heavy atom. The van der Waals surface area contributed by atoms with Gasteiger partial charge in [0.2, 0.25) is 5.90 Å². The predicted octanol–water partition coefficient (Wildman–Crippen LogP) is 5.37. The Hall–Kier alpha value is -2.52. The number of benzene rings is 3. The van der Waals surface area contributed by atoms with Gasteiger partial charge < -0.3 is 4.74 Å². The van der Waals surface area contributed by atoms with Gasteiger partial charge in [0, 0.05) is 16.2 Å². The van der Waals surface area contributed by atoms with Crippen LogP contribution in [0.1, 0.15) is 17.2 Å². The summed E-state index contributed by atoms with van der Waals surface area (Å²) in [5, 5.41) is 0. The van der Waals surface area contributed by atoms with Gasteiger partial charge >= 0.3 is 0 Å². The van der Waals surface area contributed by atoms with E-state index in [0.29, 0.717) is 0 Å². The zero-order valence-corrected chi connectivity index (χ0v) is 14.6. The molecule has 3 aromatic rings. The Labute approximate surface area is 152 Å². The maximum absolute atomic E-state index is 6.27. The van der Waals surface area contributed by atoms with Gasteiger partial charge in [-0.05, 0) is 29.8 Å². The highest BCUT2D eigenvalue weighted by molar-refractivity contribution is 7.99. The number of nitrogens with zero attached hydrogens (tertiary/aromatic N) is 1. The minimum Gasteiger partial charge on any atom is -0.471 e. The summed E-state index contributed by atoms with van der Waals surface area (Å²) in [5.41, 5.74) is 2.24. The van der Waals surface area contributed by atoms with Crippen LogP contribution in [0.3, 0.4) is 0 Å². The van der Waals surface area contributed by atoms with E-state index in [0.717, 1.165) is 17.2 Å². The Morgan fingerprint density at radius 3 is 2.04 bits per heavy atom. The first-order chi connectivity index (χ1) is 12.4. The molecule has 0 aliphatic carbocycles. The summed E-state index contributed by atoms with van der Waals surface area (Å²) < 4.78 is 6.27.